The number of nitrogens with one attached hydrogen (secondary N) is 1. The first-order valence-corrected chi connectivity index (χ1v) is 7.94. The number of rotatable bonds is 10. The van der Waals surface area contributed by atoms with Crippen molar-refractivity contribution < 1.29 is 4.79 Å². The maximum atomic E-state index is 12.5. The lowest BCUT2D eigenvalue weighted by Crippen LogP contribution is -2.48. The molecule has 0 bridgehead atoms. The molecule has 0 aromatic heterocycles. The summed E-state index contributed by atoms with van der Waals surface area (Å²) in [5.74, 6) is -0.0941. The van der Waals surface area contributed by atoms with Gasteiger partial charge in [0.1, 0.15) is 5.41 Å². The van der Waals surface area contributed by atoms with E-state index in [1.54, 1.807) is 0 Å². The minimum atomic E-state index is -0.846. The van der Waals surface area contributed by atoms with E-state index in [0.29, 0.717) is 12.8 Å². The van der Waals surface area contributed by atoms with Crippen molar-refractivity contribution >= 4 is 5.91 Å². The lowest BCUT2D eigenvalue weighted by Gasteiger charge is -2.29. The van der Waals surface area contributed by atoms with Gasteiger partial charge in [-0.15, -0.1) is 0 Å². The molecular formula is C16H31N3O. The van der Waals surface area contributed by atoms with Crippen LogP contribution in [0.5, 0.6) is 0 Å². The van der Waals surface area contributed by atoms with E-state index in [0.717, 1.165) is 32.5 Å². The highest BCUT2D eigenvalue weighted by atomic mass is 16.2. The SMILES string of the molecule is CCCC(C#N)(CCC)C(=O)NC(C)CN(CC)CC. The van der Waals surface area contributed by atoms with Crippen molar-refractivity contribution in [1.82, 2.24) is 10.2 Å². The highest BCUT2D eigenvalue weighted by Gasteiger charge is 2.37. The maximum absolute atomic E-state index is 12.5. The van der Waals surface area contributed by atoms with Gasteiger partial charge in [0.2, 0.25) is 5.91 Å². The van der Waals surface area contributed by atoms with E-state index in [1.165, 1.54) is 0 Å². The average molecular weight is 281 g/mol. The molecule has 0 aromatic carbocycles. The Bertz CT molecular complexity index is 312. The summed E-state index contributed by atoms with van der Waals surface area (Å²) in [6.07, 6.45) is 2.99. The Balaban J connectivity index is 4.71. The van der Waals surface area contributed by atoms with E-state index in [4.69, 9.17) is 0 Å². The van der Waals surface area contributed by atoms with Crippen molar-refractivity contribution in [2.24, 2.45) is 5.41 Å². The quantitative estimate of drug-likeness (QED) is 0.670. The van der Waals surface area contributed by atoms with Crippen LogP contribution in [0.15, 0.2) is 0 Å². The summed E-state index contributed by atoms with van der Waals surface area (Å²) in [7, 11) is 0. The fourth-order valence-corrected chi connectivity index (χ4v) is 2.64. The zero-order chi connectivity index (χ0) is 15.6. The summed E-state index contributed by atoms with van der Waals surface area (Å²) in [5.41, 5.74) is -0.846. The number of amides is 1. The molecule has 0 aromatic rings. The fraction of sp³-hybridized carbons (Fsp3) is 0.875. The number of carbonyl (C=O) groups excluding carboxylic acids is 1. The Hall–Kier alpha value is -1.08. The topological polar surface area (TPSA) is 56.1 Å². The van der Waals surface area contributed by atoms with Crippen LogP contribution in [0.2, 0.25) is 0 Å². The molecule has 0 aliphatic rings. The molecule has 0 saturated carbocycles. The molecule has 0 saturated heterocycles. The molecule has 0 fully saturated rings. The summed E-state index contributed by atoms with van der Waals surface area (Å²) in [5, 5.41) is 12.5. The first-order chi connectivity index (χ1) is 9.49. The fourth-order valence-electron chi connectivity index (χ4n) is 2.64. The predicted octanol–water partition coefficient (Wildman–Crippen LogP) is 2.94. The smallest absolute Gasteiger partial charge is 0.240 e. The van der Waals surface area contributed by atoms with Crippen molar-refractivity contribution in [3.8, 4) is 6.07 Å². The van der Waals surface area contributed by atoms with E-state index in [1.807, 2.05) is 20.8 Å². The molecule has 0 heterocycles. The van der Waals surface area contributed by atoms with Crippen molar-refractivity contribution in [3.63, 3.8) is 0 Å². The molecule has 1 N–H and O–H groups in total. The largest absolute Gasteiger partial charge is 0.351 e. The van der Waals surface area contributed by atoms with Gasteiger partial charge in [-0.1, -0.05) is 40.5 Å². The number of nitrogens with zero attached hydrogens (tertiary/aromatic N) is 2. The second kappa shape index (κ2) is 9.77. The number of carbonyl (C=O) groups is 1. The van der Waals surface area contributed by atoms with Crippen LogP contribution in [0, 0.1) is 16.7 Å². The third-order valence-corrected chi connectivity index (χ3v) is 3.81. The van der Waals surface area contributed by atoms with Crippen molar-refractivity contribution in [1.29, 1.82) is 5.26 Å². The highest BCUT2D eigenvalue weighted by molar-refractivity contribution is 5.85. The third kappa shape index (κ3) is 5.50. The van der Waals surface area contributed by atoms with Crippen LogP contribution in [0.25, 0.3) is 0 Å². The van der Waals surface area contributed by atoms with Crippen LogP contribution in [0.4, 0.5) is 0 Å². The third-order valence-electron chi connectivity index (χ3n) is 3.81. The first-order valence-electron chi connectivity index (χ1n) is 7.94. The van der Waals surface area contributed by atoms with Crippen molar-refractivity contribution in [2.45, 2.75) is 66.3 Å². The Kier molecular flexibility index (Phi) is 9.24. The van der Waals surface area contributed by atoms with E-state index < -0.39 is 5.41 Å². The van der Waals surface area contributed by atoms with Gasteiger partial charge in [-0.05, 0) is 32.9 Å². The molecule has 0 radical (unpaired) electrons. The van der Waals surface area contributed by atoms with Crippen LogP contribution in [-0.2, 0) is 4.79 Å². The minimum absolute atomic E-state index is 0.0730. The van der Waals surface area contributed by atoms with E-state index in [-0.39, 0.29) is 11.9 Å². The Morgan fingerprint density at radius 3 is 2.05 bits per heavy atom. The molecule has 1 amide bonds. The molecule has 0 rings (SSSR count). The van der Waals surface area contributed by atoms with Gasteiger partial charge in [-0.3, -0.25) is 4.79 Å². The van der Waals surface area contributed by atoms with Crippen LogP contribution < -0.4 is 5.32 Å². The van der Waals surface area contributed by atoms with Gasteiger partial charge in [0, 0.05) is 12.6 Å². The zero-order valence-electron chi connectivity index (χ0n) is 13.8. The molecule has 0 spiro atoms. The van der Waals surface area contributed by atoms with Gasteiger partial charge < -0.3 is 10.2 Å². The first kappa shape index (κ1) is 18.9. The summed E-state index contributed by atoms with van der Waals surface area (Å²) in [6, 6.07) is 2.35. The van der Waals surface area contributed by atoms with E-state index >= 15 is 0 Å². The van der Waals surface area contributed by atoms with Gasteiger partial charge >= 0.3 is 0 Å². The molecule has 4 nitrogen and oxygen atoms in total. The summed E-state index contributed by atoms with van der Waals surface area (Å²) >= 11 is 0. The lowest BCUT2D eigenvalue weighted by atomic mass is 9.79. The second-order valence-electron chi connectivity index (χ2n) is 5.55. The van der Waals surface area contributed by atoms with Crippen LogP contribution in [0.1, 0.15) is 60.3 Å². The summed E-state index contributed by atoms with van der Waals surface area (Å²) in [6.45, 7) is 13.1. The van der Waals surface area contributed by atoms with Crippen LogP contribution in [-0.4, -0.2) is 36.5 Å². The predicted molar refractivity (Wildman–Crippen MR) is 83.3 cm³/mol. The molecular weight excluding hydrogens is 250 g/mol. The molecule has 4 heteroatoms. The molecule has 0 aliphatic carbocycles. The molecule has 20 heavy (non-hydrogen) atoms. The monoisotopic (exact) mass is 281 g/mol. The Morgan fingerprint density at radius 2 is 1.70 bits per heavy atom. The van der Waals surface area contributed by atoms with Gasteiger partial charge in [0.05, 0.1) is 6.07 Å². The lowest BCUT2D eigenvalue weighted by molar-refractivity contribution is -0.129. The second-order valence-corrected chi connectivity index (χ2v) is 5.55. The van der Waals surface area contributed by atoms with E-state index in [9.17, 15) is 10.1 Å². The maximum Gasteiger partial charge on any atom is 0.240 e. The van der Waals surface area contributed by atoms with Gasteiger partial charge in [0.25, 0.3) is 0 Å². The van der Waals surface area contributed by atoms with Gasteiger partial charge in [-0.25, -0.2) is 0 Å². The van der Waals surface area contributed by atoms with Gasteiger partial charge in [-0.2, -0.15) is 5.26 Å². The van der Waals surface area contributed by atoms with E-state index in [2.05, 4.69) is 30.1 Å². The average Bonchev–Trinajstić information content (AvgIpc) is 2.44. The molecule has 1 unspecified atom stereocenters. The number of hydrogen-bond donors (Lipinski definition) is 1. The number of likely N-dealkylation sites (N-methyl/N-ethyl adjacent to an activating group) is 1. The Morgan fingerprint density at radius 1 is 1.20 bits per heavy atom. The number of nitriles is 1. The van der Waals surface area contributed by atoms with Crippen molar-refractivity contribution in [2.75, 3.05) is 19.6 Å². The van der Waals surface area contributed by atoms with Gasteiger partial charge in [0.15, 0.2) is 0 Å². The zero-order valence-corrected chi connectivity index (χ0v) is 13.8. The molecule has 116 valence electrons. The minimum Gasteiger partial charge on any atom is -0.351 e. The molecule has 0 aliphatic heterocycles. The Labute approximate surface area is 124 Å². The summed E-state index contributed by atoms with van der Waals surface area (Å²) < 4.78 is 0. The summed E-state index contributed by atoms with van der Waals surface area (Å²) in [4.78, 5) is 14.8. The van der Waals surface area contributed by atoms with Crippen LogP contribution in [0.3, 0.4) is 0 Å². The number of hydrogen-bond acceptors (Lipinski definition) is 3. The normalized spacial score (nSPS) is 13.1. The highest BCUT2D eigenvalue weighted by Crippen LogP contribution is 2.29. The standard InChI is InChI=1S/C16H31N3O/c1-6-10-16(13-17,11-7-2)15(20)18-14(5)12-19(8-3)9-4/h14H,6-12H2,1-5H3,(H,18,20). The molecule has 1 atom stereocenters. The van der Waals surface area contributed by atoms with Crippen molar-refractivity contribution in [3.05, 3.63) is 0 Å². The van der Waals surface area contributed by atoms with Crippen LogP contribution >= 0.6 is 0 Å².